The van der Waals surface area contributed by atoms with Crippen LogP contribution in [0.15, 0.2) is 71.9 Å². The van der Waals surface area contributed by atoms with E-state index in [9.17, 15) is 4.79 Å². The Labute approximate surface area is 202 Å². The van der Waals surface area contributed by atoms with Gasteiger partial charge in [0.1, 0.15) is 11.3 Å². The number of carbonyl (C=O) groups excluding carboxylic acids is 1. The minimum Gasteiger partial charge on any atom is -0.492 e. The summed E-state index contributed by atoms with van der Waals surface area (Å²) in [6.45, 7) is 5.06. The van der Waals surface area contributed by atoms with Crippen LogP contribution in [0.3, 0.4) is 0 Å². The number of aryl methyl sites for hydroxylation is 1. The Bertz CT molecular complexity index is 1190. The number of amides is 1. The fourth-order valence-electron chi connectivity index (χ4n) is 3.42. The summed E-state index contributed by atoms with van der Waals surface area (Å²) in [7, 11) is 0. The molecule has 0 N–H and O–H groups in total. The van der Waals surface area contributed by atoms with Gasteiger partial charge >= 0.3 is 0 Å². The fourth-order valence-corrected chi connectivity index (χ4v) is 5.27. The topological polar surface area (TPSA) is 55.3 Å². The lowest BCUT2D eigenvalue weighted by molar-refractivity contribution is -0.118. The Morgan fingerprint density at radius 1 is 1.12 bits per heavy atom. The lowest BCUT2D eigenvalue weighted by Crippen LogP contribution is -2.30. The van der Waals surface area contributed by atoms with E-state index in [1.165, 1.54) is 21.8 Å². The quantitative estimate of drug-likeness (QED) is 0.193. The molecule has 7 heteroatoms. The van der Waals surface area contributed by atoms with E-state index >= 15 is 0 Å². The van der Waals surface area contributed by atoms with Gasteiger partial charge in [-0.15, -0.1) is 11.8 Å². The number of hydrogen-bond acceptors (Lipinski definition) is 6. The minimum atomic E-state index is 0.0698. The molecule has 1 amide bonds. The maximum absolute atomic E-state index is 13.3. The Balaban J connectivity index is 1.49. The van der Waals surface area contributed by atoms with E-state index in [-0.39, 0.29) is 5.91 Å². The zero-order valence-electron chi connectivity index (χ0n) is 18.9. The smallest absolute Gasteiger partial charge is 0.229 e. The summed E-state index contributed by atoms with van der Waals surface area (Å²) in [6, 6.07) is 18.3. The second-order valence-corrected chi connectivity index (χ2v) is 9.82. The lowest BCUT2D eigenvalue weighted by atomic mass is 10.2. The first kappa shape index (κ1) is 23.3. The average molecular weight is 478 g/mol. The highest BCUT2D eigenvalue weighted by atomic mass is 32.2. The Hall–Kier alpha value is -2.90. The number of fused-ring (bicyclic) bond motifs is 1. The van der Waals surface area contributed by atoms with E-state index in [1.54, 1.807) is 29.1 Å². The molecule has 4 rings (SSSR count). The Morgan fingerprint density at radius 2 is 1.97 bits per heavy atom. The molecule has 0 unspecified atom stereocenters. The van der Waals surface area contributed by atoms with Crippen LogP contribution in [-0.4, -0.2) is 28.2 Å². The molecule has 0 atom stereocenters. The van der Waals surface area contributed by atoms with E-state index in [2.05, 4.69) is 36.2 Å². The molecule has 33 heavy (non-hydrogen) atoms. The molecule has 0 bridgehead atoms. The summed E-state index contributed by atoms with van der Waals surface area (Å²) in [5.74, 6) is 1.71. The van der Waals surface area contributed by atoms with Crippen LogP contribution in [0.1, 0.15) is 30.9 Å². The van der Waals surface area contributed by atoms with Crippen molar-refractivity contribution in [3.63, 3.8) is 0 Å². The van der Waals surface area contributed by atoms with Gasteiger partial charge in [-0.05, 0) is 61.9 Å². The number of pyridine rings is 1. The number of carbonyl (C=O) groups is 1. The van der Waals surface area contributed by atoms with E-state index in [0.29, 0.717) is 24.7 Å². The van der Waals surface area contributed by atoms with Crippen LogP contribution < -0.4 is 9.64 Å². The van der Waals surface area contributed by atoms with Gasteiger partial charge in [0, 0.05) is 23.7 Å². The largest absolute Gasteiger partial charge is 0.492 e. The van der Waals surface area contributed by atoms with Gasteiger partial charge in [0.05, 0.1) is 17.9 Å². The fraction of sp³-hybridized carbons (Fsp3) is 0.269. The third kappa shape index (κ3) is 6.12. The van der Waals surface area contributed by atoms with Gasteiger partial charge in [-0.25, -0.2) is 4.98 Å². The molecule has 0 saturated heterocycles. The second kappa shape index (κ2) is 11.3. The number of ether oxygens (including phenoxy) is 1. The minimum absolute atomic E-state index is 0.0698. The van der Waals surface area contributed by atoms with Gasteiger partial charge in [0.2, 0.25) is 5.91 Å². The molecule has 4 aromatic rings. The van der Waals surface area contributed by atoms with Gasteiger partial charge < -0.3 is 4.74 Å². The van der Waals surface area contributed by atoms with Gasteiger partial charge in [-0.3, -0.25) is 14.7 Å². The van der Waals surface area contributed by atoms with Crippen molar-refractivity contribution in [2.45, 2.75) is 38.1 Å². The molecule has 0 radical (unpaired) electrons. The average Bonchev–Trinajstić information content (AvgIpc) is 3.27. The van der Waals surface area contributed by atoms with Crippen molar-refractivity contribution in [2.24, 2.45) is 0 Å². The van der Waals surface area contributed by atoms with Crippen LogP contribution in [0.25, 0.3) is 10.2 Å². The number of aromatic nitrogens is 2. The van der Waals surface area contributed by atoms with E-state index in [4.69, 9.17) is 9.72 Å². The first-order chi connectivity index (χ1) is 16.1. The number of thiazole rings is 1. The zero-order valence-corrected chi connectivity index (χ0v) is 20.5. The highest BCUT2D eigenvalue weighted by Crippen LogP contribution is 2.35. The predicted octanol–water partition coefficient (Wildman–Crippen LogP) is 6.50. The van der Waals surface area contributed by atoms with Crippen LogP contribution in [-0.2, 0) is 11.3 Å². The second-order valence-electron chi connectivity index (χ2n) is 7.64. The Kier molecular flexibility index (Phi) is 7.96. The number of nitrogens with zero attached hydrogens (tertiary/aromatic N) is 3. The molecule has 0 aliphatic rings. The molecule has 5 nitrogen and oxygen atoms in total. The number of thioether (sulfide) groups is 1. The summed E-state index contributed by atoms with van der Waals surface area (Å²) in [5, 5.41) is 0.692. The SMILES string of the molecule is CCOc1cccc2sc(N(Cc3cccnc3)C(=O)CCCSc3ccc(C)cc3)nc12. The van der Waals surface area contributed by atoms with Crippen LogP contribution in [0.4, 0.5) is 5.13 Å². The normalized spacial score (nSPS) is 11.0. The maximum atomic E-state index is 13.3. The molecule has 0 saturated carbocycles. The molecule has 0 aliphatic heterocycles. The van der Waals surface area contributed by atoms with Gasteiger partial charge in [0.15, 0.2) is 5.13 Å². The molecule has 0 aliphatic carbocycles. The van der Waals surface area contributed by atoms with Crippen LogP contribution >= 0.6 is 23.1 Å². The van der Waals surface area contributed by atoms with Gasteiger partial charge in [0.25, 0.3) is 0 Å². The Morgan fingerprint density at radius 3 is 2.73 bits per heavy atom. The molecule has 2 aromatic carbocycles. The van der Waals surface area contributed by atoms with Crippen molar-refractivity contribution in [1.29, 1.82) is 0 Å². The summed E-state index contributed by atoms with van der Waals surface area (Å²) in [6.07, 6.45) is 4.81. The van der Waals surface area contributed by atoms with Gasteiger partial charge in [-0.2, -0.15) is 0 Å². The lowest BCUT2D eigenvalue weighted by Gasteiger charge is -2.20. The third-order valence-electron chi connectivity index (χ3n) is 5.09. The number of hydrogen-bond donors (Lipinski definition) is 0. The number of benzene rings is 2. The molecular weight excluding hydrogens is 450 g/mol. The molecule has 0 spiro atoms. The third-order valence-corrected chi connectivity index (χ3v) is 7.23. The van der Waals surface area contributed by atoms with Crippen molar-refractivity contribution in [1.82, 2.24) is 9.97 Å². The van der Waals surface area contributed by atoms with Gasteiger partial charge in [-0.1, -0.05) is 41.2 Å². The van der Waals surface area contributed by atoms with Crippen molar-refractivity contribution >= 4 is 44.4 Å². The van der Waals surface area contributed by atoms with E-state index < -0.39 is 0 Å². The predicted molar refractivity (Wildman–Crippen MR) is 137 cm³/mol. The van der Waals surface area contributed by atoms with Crippen LogP contribution in [0, 0.1) is 6.92 Å². The number of anilines is 1. The molecule has 170 valence electrons. The van der Waals surface area contributed by atoms with Crippen molar-refractivity contribution in [3.05, 3.63) is 78.1 Å². The van der Waals surface area contributed by atoms with Crippen LogP contribution in [0.2, 0.25) is 0 Å². The highest BCUT2D eigenvalue weighted by molar-refractivity contribution is 7.99. The molecule has 0 fully saturated rings. The first-order valence-electron chi connectivity index (χ1n) is 11.0. The van der Waals surface area contributed by atoms with Crippen molar-refractivity contribution in [2.75, 3.05) is 17.3 Å². The summed E-state index contributed by atoms with van der Waals surface area (Å²) >= 11 is 3.30. The maximum Gasteiger partial charge on any atom is 0.229 e. The summed E-state index contributed by atoms with van der Waals surface area (Å²) in [4.78, 5) is 25.4. The van der Waals surface area contributed by atoms with E-state index in [0.717, 1.165) is 33.7 Å². The number of rotatable bonds is 10. The monoisotopic (exact) mass is 477 g/mol. The first-order valence-corrected chi connectivity index (χ1v) is 12.9. The molecule has 2 heterocycles. The zero-order chi connectivity index (χ0) is 23.0. The van der Waals surface area contributed by atoms with Crippen LogP contribution in [0.5, 0.6) is 5.75 Å². The highest BCUT2D eigenvalue weighted by Gasteiger charge is 2.21. The standard InChI is InChI=1S/C26H27N3O2S2/c1-3-31-22-8-4-9-23-25(22)28-26(33-23)29(18-20-7-5-15-27-17-20)24(30)10-6-16-32-21-13-11-19(2)12-14-21/h4-5,7-9,11-15,17H,3,6,10,16,18H2,1-2H3. The number of para-hydroxylation sites is 1. The summed E-state index contributed by atoms with van der Waals surface area (Å²) < 4.78 is 6.76. The molecular formula is C26H27N3O2S2. The van der Waals surface area contributed by atoms with E-state index in [1.807, 2.05) is 37.3 Å². The molecule has 2 aromatic heterocycles. The van der Waals surface area contributed by atoms with Crippen molar-refractivity contribution in [3.8, 4) is 5.75 Å². The van der Waals surface area contributed by atoms with Crippen molar-refractivity contribution < 1.29 is 9.53 Å². The summed E-state index contributed by atoms with van der Waals surface area (Å²) in [5.41, 5.74) is 3.03.